The van der Waals surface area contributed by atoms with Crippen molar-refractivity contribution in [2.75, 3.05) is 0 Å². The standard InChI is InChI=1S/C14H25/c1-3-5-7-9-11-13-14-12-10-8-6-4-2/h1,3-8,10,12-14H2,2H3. The SMILES string of the molecule is [CH2]CCCC#CCCCCCCCC. The number of unbranched alkanes of at least 4 members (excludes halogenated alkanes) is 8. The zero-order valence-electron chi connectivity index (χ0n) is 9.78. The fourth-order valence-electron chi connectivity index (χ4n) is 1.38. The monoisotopic (exact) mass is 193 g/mol. The van der Waals surface area contributed by atoms with E-state index in [-0.39, 0.29) is 0 Å². The van der Waals surface area contributed by atoms with Gasteiger partial charge in [-0.15, -0.1) is 11.8 Å². The number of rotatable bonds is 8. The molecule has 0 saturated heterocycles. The molecule has 0 aromatic rings. The second kappa shape index (κ2) is 12.6. The lowest BCUT2D eigenvalue weighted by molar-refractivity contribution is 0.614. The Balaban J connectivity index is 2.99. The van der Waals surface area contributed by atoms with Gasteiger partial charge in [-0.3, -0.25) is 0 Å². The van der Waals surface area contributed by atoms with Crippen molar-refractivity contribution in [3.63, 3.8) is 0 Å². The summed E-state index contributed by atoms with van der Waals surface area (Å²) in [5, 5.41) is 0. The van der Waals surface area contributed by atoms with Crippen LogP contribution in [0.1, 0.15) is 71.1 Å². The van der Waals surface area contributed by atoms with Crippen LogP contribution >= 0.6 is 0 Å². The second-order valence-electron chi connectivity index (χ2n) is 3.83. The Labute approximate surface area is 90.5 Å². The van der Waals surface area contributed by atoms with Gasteiger partial charge in [0.1, 0.15) is 0 Å². The van der Waals surface area contributed by atoms with Crippen LogP contribution in [0.4, 0.5) is 0 Å². The first-order valence-corrected chi connectivity index (χ1v) is 6.16. The van der Waals surface area contributed by atoms with Crippen LogP contribution in [0, 0.1) is 18.8 Å². The molecule has 0 N–H and O–H groups in total. The number of hydrogen-bond donors (Lipinski definition) is 0. The van der Waals surface area contributed by atoms with Crippen molar-refractivity contribution >= 4 is 0 Å². The quantitative estimate of drug-likeness (QED) is 0.385. The molecule has 81 valence electrons. The first kappa shape index (κ1) is 13.6. The van der Waals surface area contributed by atoms with Gasteiger partial charge in [-0.05, 0) is 12.8 Å². The van der Waals surface area contributed by atoms with Gasteiger partial charge in [-0.1, -0.05) is 52.4 Å². The van der Waals surface area contributed by atoms with E-state index in [2.05, 4.69) is 25.7 Å². The first-order valence-electron chi connectivity index (χ1n) is 6.16. The van der Waals surface area contributed by atoms with Gasteiger partial charge in [-0.2, -0.15) is 0 Å². The van der Waals surface area contributed by atoms with Crippen molar-refractivity contribution in [3.8, 4) is 11.8 Å². The Morgan fingerprint density at radius 1 is 0.786 bits per heavy atom. The number of hydrogen-bond acceptors (Lipinski definition) is 0. The fourth-order valence-corrected chi connectivity index (χ4v) is 1.38. The molecule has 0 atom stereocenters. The summed E-state index contributed by atoms with van der Waals surface area (Å²) in [5.74, 6) is 6.43. The highest BCUT2D eigenvalue weighted by atomic mass is 13.9. The molecule has 0 heteroatoms. The highest BCUT2D eigenvalue weighted by molar-refractivity contribution is 4.98. The van der Waals surface area contributed by atoms with Crippen molar-refractivity contribution in [3.05, 3.63) is 6.92 Å². The van der Waals surface area contributed by atoms with Gasteiger partial charge < -0.3 is 0 Å². The summed E-state index contributed by atoms with van der Waals surface area (Å²) in [6.45, 7) is 6.05. The molecule has 0 aliphatic rings. The van der Waals surface area contributed by atoms with E-state index < -0.39 is 0 Å². The van der Waals surface area contributed by atoms with Crippen LogP contribution in [0.15, 0.2) is 0 Å². The van der Waals surface area contributed by atoms with Crippen LogP contribution < -0.4 is 0 Å². The summed E-state index contributed by atoms with van der Waals surface area (Å²) in [6, 6.07) is 0. The molecule has 0 spiro atoms. The van der Waals surface area contributed by atoms with Crippen molar-refractivity contribution in [1.29, 1.82) is 0 Å². The lowest BCUT2D eigenvalue weighted by Crippen LogP contribution is -1.77. The third kappa shape index (κ3) is 11.6. The lowest BCUT2D eigenvalue weighted by atomic mass is 10.1. The van der Waals surface area contributed by atoms with Gasteiger partial charge >= 0.3 is 0 Å². The average molecular weight is 193 g/mol. The molecule has 0 rings (SSSR count). The molecule has 0 saturated carbocycles. The van der Waals surface area contributed by atoms with Crippen LogP contribution in [-0.4, -0.2) is 0 Å². The molecule has 0 nitrogen and oxygen atoms in total. The minimum Gasteiger partial charge on any atom is -0.103 e. The maximum atomic E-state index is 3.79. The highest BCUT2D eigenvalue weighted by Gasteiger charge is 1.87. The van der Waals surface area contributed by atoms with Crippen LogP contribution in [0.5, 0.6) is 0 Å². The van der Waals surface area contributed by atoms with E-state index >= 15 is 0 Å². The molecular formula is C14H25. The molecule has 0 bridgehead atoms. The predicted octanol–water partition coefficient (Wildman–Crippen LogP) is 4.74. The van der Waals surface area contributed by atoms with E-state index in [1.165, 1.54) is 38.5 Å². The summed E-state index contributed by atoms with van der Waals surface area (Å²) in [6.07, 6.45) is 12.5. The van der Waals surface area contributed by atoms with Gasteiger partial charge in [-0.25, -0.2) is 0 Å². The Morgan fingerprint density at radius 3 is 2.00 bits per heavy atom. The molecule has 1 radical (unpaired) electrons. The summed E-state index contributed by atoms with van der Waals surface area (Å²) in [4.78, 5) is 0. The van der Waals surface area contributed by atoms with Gasteiger partial charge in [0.15, 0.2) is 0 Å². The molecule has 0 aromatic carbocycles. The molecule has 14 heavy (non-hydrogen) atoms. The van der Waals surface area contributed by atoms with E-state index in [9.17, 15) is 0 Å². The Kier molecular flexibility index (Phi) is 12.2. The minimum absolute atomic E-state index is 1.02. The Morgan fingerprint density at radius 2 is 1.36 bits per heavy atom. The van der Waals surface area contributed by atoms with Crippen molar-refractivity contribution in [2.45, 2.75) is 71.1 Å². The topological polar surface area (TPSA) is 0 Å². The van der Waals surface area contributed by atoms with Crippen LogP contribution in [0.2, 0.25) is 0 Å². The van der Waals surface area contributed by atoms with Crippen LogP contribution in [0.25, 0.3) is 0 Å². The summed E-state index contributed by atoms with van der Waals surface area (Å²) >= 11 is 0. The molecule has 0 amide bonds. The van der Waals surface area contributed by atoms with E-state index in [1.807, 2.05) is 0 Å². The van der Waals surface area contributed by atoms with E-state index in [0.717, 1.165) is 25.7 Å². The average Bonchev–Trinajstić information content (AvgIpc) is 2.21. The third-order valence-electron chi connectivity index (χ3n) is 2.33. The third-order valence-corrected chi connectivity index (χ3v) is 2.33. The van der Waals surface area contributed by atoms with Gasteiger partial charge in [0.2, 0.25) is 0 Å². The molecule has 0 heterocycles. The second-order valence-corrected chi connectivity index (χ2v) is 3.83. The zero-order valence-corrected chi connectivity index (χ0v) is 9.78. The van der Waals surface area contributed by atoms with Crippen molar-refractivity contribution < 1.29 is 0 Å². The molecule has 0 fully saturated rings. The summed E-state index contributed by atoms with van der Waals surface area (Å²) in [7, 11) is 0. The Bertz CT molecular complexity index is 147. The Hall–Kier alpha value is -0.440. The van der Waals surface area contributed by atoms with E-state index in [4.69, 9.17) is 0 Å². The predicted molar refractivity (Wildman–Crippen MR) is 65.0 cm³/mol. The minimum atomic E-state index is 1.02. The maximum Gasteiger partial charge on any atom is 0.00886 e. The van der Waals surface area contributed by atoms with Crippen molar-refractivity contribution in [1.82, 2.24) is 0 Å². The first-order chi connectivity index (χ1) is 6.91. The van der Waals surface area contributed by atoms with E-state index in [1.54, 1.807) is 0 Å². The lowest BCUT2D eigenvalue weighted by Gasteiger charge is -1.96. The highest BCUT2D eigenvalue weighted by Crippen LogP contribution is 2.06. The van der Waals surface area contributed by atoms with Gasteiger partial charge in [0.05, 0.1) is 0 Å². The summed E-state index contributed by atoms with van der Waals surface area (Å²) < 4.78 is 0. The van der Waals surface area contributed by atoms with Crippen LogP contribution in [0.3, 0.4) is 0 Å². The fraction of sp³-hybridized carbons (Fsp3) is 0.786. The molecule has 0 aliphatic carbocycles. The molecular weight excluding hydrogens is 168 g/mol. The zero-order chi connectivity index (χ0) is 10.5. The molecule has 0 aromatic heterocycles. The smallest absolute Gasteiger partial charge is 0.00886 e. The van der Waals surface area contributed by atoms with Gasteiger partial charge in [0, 0.05) is 12.8 Å². The normalized spacial score (nSPS) is 9.57. The van der Waals surface area contributed by atoms with Crippen LogP contribution in [-0.2, 0) is 0 Å². The van der Waals surface area contributed by atoms with Gasteiger partial charge in [0.25, 0.3) is 0 Å². The van der Waals surface area contributed by atoms with E-state index in [0.29, 0.717) is 0 Å². The maximum absolute atomic E-state index is 3.79. The largest absolute Gasteiger partial charge is 0.103 e. The summed E-state index contributed by atoms with van der Waals surface area (Å²) in [5.41, 5.74) is 0. The molecule has 0 aliphatic heterocycles. The molecule has 0 unspecified atom stereocenters. The van der Waals surface area contributed by atoms with Crippen molar-refractivity contribution in [2.24, 2.45) is 0 Å².